The maximum Gasteiger partial charge on any atom is 0.249 e. The minimum Gasteiger partial charge on any atom is -0.394 e. The number of hydrogen-bond donors (Lipinski definition) is 8. The molecule has 1 heterocycles. The number of amides is 1. The van der Waals surface area contributed by atoms with Crippen LogP contribution in [0.5, 0.6) is 0 Å². The average Bonchev–Trinajstić information content (AvgIpc) is 3.46. The van der Waals surface area contributed by atoms with Gasteiger partial charge in [0.1, 0.15) is 36.6 Å². The van der Waals surface area contributed by atoms with E-state index in [0.29, 0.717) is 19.3 Å². The first-order chi connectivity index (χ1) is 38.7. The molecule has 0 aromatic heterocycles. The molecule has 0 aromatic rings. The first kappa shape index (κ1) is 76.1. The van der Waals surface area contributed by atoms with Crippen LogP contribution in [-0.2, 0) is 14.3 Å². The summed E-state index contributed by atoms with van der Waals surface area (Å²) in [4.78, 5) is 13.2. The Hall–Kier alpha value is -0.890. The van der Waals surface area contributed by atoms with Crippen molar-refractivity contribution in [2.24, 2.45) is 0 Å². The lowest BCUT2D eigenvalue weighted by Gasteiger charge is -2.40. The van der Waals surface area contributed by atoms with E-state index in [-0.39, 0.29) is 6.42 Å². The summed E-state index contributed by atoms with van der Waals surface area (Å²) in [5.41, 5.74) is 0. The molecule has 9 atom stereocenters. The van der Waals surface area contributed by atoms with Crippen LogP contribution in [0.2, 0.25) is 0 Å². The van der Waals surface area contributed by atoms with Crippen molar-refractivity contribution >= 4 is 5.91 Å². The Morgan fingerprint density at radius 2 is 0.658 bits per heavy atom. The normalized spacial score (nSPS) is 19.2. The highest BCUT2D eigenvalue weighted by Gasteiger charge is 2.44. The van der Waals surface area contributed by atoms with Gasteiger partial charge in [0.25, 0.3) is 0 Å². The van der Waals surface area contributed by atoms with Gasteiger partial charge in [-0.05, 0) is 12.8 Å². The Bertz CT molecular complexity index is 1250. The van der Waals surface area contributed by atoms with E-state index in [1.165, 1.54) is 283 Å². The molecule has 9 unspecified atom stereocenters. The summed E-state index contributed by atoms with van der Waals surface area (Å²) in [7, 11) is 0. The second-order valence-corrected chi connectivity index (χ2v) is 25.0. The minimum absolute atomic E-state index is 0.268. The van der Waals surface area contributed by atoms with Gasteiger partial charge >= 0.3 is 0 Å². The van der Waals surface area contributed by atoms with Crippen LogP contribution in [0.3, 0.4) is 0 Å². The lowest BCUT2D eigenvalue weighted by atomic mass is 9.98. The van der Waals surface area contributed by atoms with E-state index in [4.69, 9.17) is 9.47 Å². The van der Waals surface area contributed by atoms with Gasteiger partial charge in [-0.3, -0.25) is 4.79 Å². The van der Waals surface area contributed by atoms with E-state index >= 15 is 0 Å². The highest BCUT2D eigenvalue weighted by molar-refractivity contribution is 5.80. The van der Waals surface area contributed by atoms with Crippen LogP contribution in [0, 0.1) is 0 Å². The van der Waals surface area contributed by atoms with Gasteiger partial charge in [0.2, 0.25) is 5.91 Å². The van der Waals surface area contributed by atoms with Gasteiger partial charge in [0.15, 0.2) is 6.29 Å². The second kappa shape index (κ2) is 57.5. The molecular formula is C68H135NO10. The molecule has 0 spiro atoms. The zero-order chi connectivity index (χ0) is 57.5. The molecule has 11 nitrogen and oxygen atoms in total. The first-order valence-corrected chi connectivity index (χ1v) is 34.9. The first-order valence-electron chi connectivity index (χ1n) is 34.9. The summed E-state index contributed by atoms with van der Waals surface area (Å²) in [5.74, 6) is -0.687. The fourth-order valence-electron chi connectivity index (χ4n) is 11.8. The van der Waals surface area contributed by atoms with Crippen molar-refractivity contribution in [3.8, 4) is 0 Å². The minimum atomic E-state index is -1.66. The van der Waals surface area contributed by atoms with Crippen LogP contribution < -0.4 is 5.32 Å². The molecule has 79 heavy (non-hydrogen) atoms. The molecular weight excluding hydrogens is 991 g/mol. The monoisotopic (exact) mass is 1130 g/mol. The van der Waals surface area contributed by atoms with E-state index in [1.807, 2.05) is 0 Å². The van der Waals surface area contributed by atoms with Crippen LogP contribution >= 0.6 is 0 Å². The molecule has 1 aliphatic rings. The standard InChI is InChI=1S/C68H135NO10/c1-3-5-7-9-11-13-15-17-19-21-23-25-27-29-30-31-32-34-36-38-40-42-44-46-48-50-52-54-56-61(72)67(77)69-59(58-78-68-66(76)65(75)64(74)62(57-70)79-68)63(73)60(71)55-53-51-49-47-45-43-41-39-37-35-33-28-26-24-22-20-18-16-14-12-10-8-6-4-2/h59-66,68,70-76H,3-58H2,1-2H3,(H,69,77). The van der Waals surface area contributed by atoms with Crippen molar-refractivity contribution in [3.05, 3.63) is 0 Å². The molecule has 0 aromatic carbocycles. The molecule has 11 heteroatoms. The molecule has 1 amide bonds. The molecule has 1 rings (SSSR count). The number of hydrogen-bond acceptors (Lipinski definition) is 10. The number of ether oxygens (including phenoxy) is 2. The van der Waals surface area contributed by atoms with Crippen LogP contribution in [0.15, 0.2) is 0 Å². The van der Waals surface area contributed by atoms with Gasteiger partial charge in [0, 0.05) is 0 Å². The number of rotatable bonds is 62. The maximum atomic E-state index is 13.2. The summed E-state index contributed by atoms with van der Waals surface area (Å²) in [5, 5.41) is 76.5. The summed E-state index contributed by atoms with van der Waals surface area (Å²) in [6.07, 6.45) is 57.5. The molecule has 1 saturated heterocycles. The van der Waals surface area contributed by atoms with Crippen molar-refractivity contribution in [1.29, 1.82) is 0 Å². The summed E-state index contributed by atoms with van der Waals surface area (Å²) < 4.78 is 11.2. The Kier molecular flexibility index (Phi) is 55.4. The van der Waals surface area contributed by atoms with Crippen LogP contribution in [-0.4, -0.2) is 110 Å². The summed E-state index contributed by atoms with van der Waals surface area (Å²) in [6, 6.07) is -1.16. The third kappa shape index (κ3) is 45.2. The predicted molar refractivity (Wildman–Crippen MR) is 330 cm³/mol. The van der Waals surface area contributed by atoms with Gasteiger partial charge < -0.3 is 50.5 Å². The quantitative estimate of drug-likeness (QED) is 0.0272. The maximum absolute atomic E-state index is 13.2. The Morgan fingerprint density at radius 1 is 0.392 bits per heavy atom. The molecule has 8 N–H and O–H groups in total. The number of aliphatic hydroxyl groups is 7. The smallest absolute Gasteiger partial charge is 0.249 e. The highest BCUT2D eigenvalue weighted by atomic mass is 16.7. The lowest BCUT2D eigenvalue weighted by Crippen LogP contribution is -2.60. The molecule has 1 aliphatic heterocycles. The van der Waals surface area contributed by atoms with E-state index in [2.05, 4.69) is 19.2 Å². The van der Waals surface area contributed by atoms with Crippen molar-refractivity contribution in [2.45, 2.75) is 416 Å². The predicted octanol–water partition coefficient (Wildman–Crippen LogP) is 16.5. The molecule has 0 radical (unpaired) electrons. The van der Waals surface area contributed by atoms with E-state index in [9.17, 15) is 40.5 Å². The van der Waals surface area contributed by atoms with Gasteiger partial charge in [-0.15, -0.1) is 0 Å². The molecule has 472 valence electrons. The zero-order valence-corrected chi connectivity index (χ0v) is 52.1. The Labute approximate surface area is 488 Å². The zero-order valence-electron chi connectivity index (χ0n) is 52.1. The van der Waals surface area contributed by atoms with Crippen molar-refractivity contribution < 1.29 is 50.0 Å². The molecule has 0 saturated carbocycles. The van der Waals surface area contributed by atoms with Crippen molar-refractivity contribution in [3.63, 3.8) is 0 Å². The van der Waals surface area contributed by atoms with Crippen LogP contribution in [0.25, 0.3) is 0 Å². The van der Waals surface area contributed by atoms with Gasteiger partial charge in [-0.25, -0.2) is 0 Å². The molecule has 1 fully saturated rings. The Balaban J connectivity index is 2.19. The second-order valence-electron chi connectivity index (χ2n) is 25.0. The third-order valence-corrected chi connectivity index (χ3v) is 17.4. The number of unbranched alkanes of at least 4 members (excludes halogenated alkanes) is 50. The van der Waals surface area contributed by atoms with E-state index < -0.39 is 74.2 Å². The molecule has 0 aliphatic carbocycles. The number of nitrogens with one attached hydrogen (secondary N) is 1. The summed E-state index contributed by atoms with van der Waals surface area (Å²) in [6.45, 7) is 3.53. The van der Waals surface area contributed by atoms with Crippen LogP contribution in [0.1, 0.15) is 361 Å². The number of aliphatic hydroxyl groups excluding tert-OH is 7. The largest absolute Gasteiger partial charge is 0.394 e. The van der Waals surface area contributed by atoms with E-state index in [1.54, 1.807) is 0 Å². The topological polar surface area (TPSA) is 189 Å². The van der Waals surface area contributed by atoms with Gasteiger partial charge in [-0.2, -0.15) is 0 Å². The van der Waals surface area contributed by atoms with Crippen LogP contribution in [0.4, 0.5) is 0 Å². The fourth-order valence-corrected chi connectivity index (χ4v) is 11.8. The molecule has 0 bridgehead atoms. The third-order valence-electron chi connectivity index (χ3n) is 17.4. The SMILES string of the molecule is CCCCCCCCCCCCCCCCCCCCCCCCCCCCCCC(O)C(=O)NC(COC1OC(CO)C(O)C(O)C1O)C(O)C(O)CCCCCCCCCCCCCCCCCCCCCCCCCC. The number of carbonyl (C=O) groups is 1. The number of carbonyl (C=O) groups excluding carboxylic acids is 1. The fraction of sp³-hybridized carbons (Fsp3) is 0.985. The van der Waals surface area contributed by atoms with Gasteiger partial charge in [0.05, 0.1) is 25.4 Å². The summed E-state index contributed by atoms with van der Waals surface area (Å²) >= 11 is 0. The lowest BCUT2D eigenvalue weighted by molar-refractivity contribution is -0.303. The average molecular weight is 1130 g/mol. The van der Waals surface area contributed by atoms with Crippen molar-refractivity contribution in [2.75, 3.05) is 13.2 Å². The van der Waals surface area contributed by atoms with E-state index in [0.717, 1.165) is 38.5 Å². The Morgan fingerprint density at radius 3 is 0.937 bits per heavy atom. The highest BCUT2D eigenvalue weighted by Crippen LogP contribution is 2.24. The van der Waals surface area contributed by atoms with Gasteiger partial charge in [-0.1, -0.05) is 348 Å². The van der Waals surface area contributed by atoms with Crippen molar-refractivity contribution in [1.82, 2.24) is 5.32 Å².